The second kappa shape index (κ2) is 11.0. The van der Waals surface area contributed by atoms with Gasteiger partial charge in [-0.25, -0.2) is 0 Å². The molecule has 2 aromatic carbocycles. The third kappa shape index (κ3) is 6.38. The summed E-state index contributed by atoms with van der Waals surface area (Å²) in [4.78, 5) is 15.4. The van der Waals surface area contributed by atoms with Gasteiger partial charge in [-0.2, -0.15) is 13.2 Å². The normalized spacial score (nSPS) is 25.0. The maximum Gasteiger partial charge on any atom is 0.451 e. The van der Waals surface area contributed by atoms with Crippen LogP contribution in [0.3, 0.4) is 0 Å². The summed E-state index contributed by atoms with van der Waals surface area (Å²) < 4.78 is 38.1. The standard InChI is InChI=1S/C13H15F3N2O.C11H16N2/c1-18-8-7-17-10(9-5-3-2-4-6-9)11(18)12(19)13(14,15)16;1-13-8-7-12-11(9-13)10-5-3-2-4-6-10/h2-6,10-11,17H,7-8H2,1H3;2-6,11-12H,7-9H2,1H3. The van der Waals surface area contributed by atoms with Gasteiger partial charge >= 0.3 is 6.18 Å². The molecule has 0 bridgehead atoms. The molecule has 2 aliphatic rings. The van der Waals surface area contributed by atoms with Gasteiger partial charge in [0.1, 0.15) is 0 Å². The van der Waals surface area contributed by atoms with Crippen molar-refractivity contribution in [1.29, 1.82) is 0 Å². The summed E-state index contributed by atoms with van der Waals surface area (Å²) in [6.07, 6.45) is -4.81. The molecule has 4 rings (SSSR count). The van der Waals surface area contributed by atoms with Gasteiger partial charge in [0.2, 0.25) is 0 Å². The van der Waals surface area contributed by atoms with E-state index >= 15 is 0 Å². The Balaban J connectivity index is 0.000000193. The molecule has 2 heterocycles. The van der Waals surface area contributed by atoms with E-state index in [2.05, 4.69) is 52.9 Å². The number of alkyl halides is 3. The lowest BCUT2D eigenvalue weighted by molar-refractivity contribution is -0.178. The van der Waals surface area contributed by atoms with Crippen molar-refractivity contribution in [2.75, 3.05) is 46.8 Å². The van der Waals surface area contributed by atoms with Gasteiger partial charge in [-0.05, 0) is 25.2 Å². The summed E-state index contributed by atoms with van der Waals surface area (Å²) >= 11 is 0. The van der Waals surface area contributed by atoms with Gasteiger partial charge in [-0.3, -0.25) is 9.69 Å². The molecule has 0 amide bonds. The van der Waals surface area contributed by atoms with Crippen molar-refractivity contribution < 1.29 is 18.0 Å². The van der Waals surface area contributed by atoms with Gasteiger partial charge in [0.15, 0.2) is 0 Å². The molecule has 3 unspecified atom stereocenters. The first kappa shape index (κ1) is 24.4. The number of rotatable bonds is 3. The van der Waals surface area contributed by atoms with Crippen molar-refractivity contribution in [3.63, 3.8) is 0 Å². The number of piperazine rings is 2. The summed E-state index contributed by atoms with van der Waals surface area (Å²) in [7, 11) is 3.72. The predicted octanol–water partition coefficient (Wildman–Crippen LogP) is 3.03. The highest BCUT2D eigenvalue weighted by Crippen LogP contribution is 2.29. The molecule has 5 nitrogen and oxygen atoms in total. The van der Waals surface area contributed by atoms with E-state index in [4.69, 9.17) is 0 Å². The number of nitrogens with zero attached hydrogens (tertiary/aromatic N) is 2. The lowest BCUT2D eigenvalue weighted by Crippen LogP contribution is -2.57. The van der Waals surface area contributed by atoms with Crippen molar-refractivity contribution in [3.05, 3.63) is 71.8 Å². The van der Waals surface area contributed by atoms with E-state index in [1.807, 2.05) is 0 Å². The zero-order chi connectivity index (χ0) is 23.1. The van der Waals surface area contributed by atoms with E-state index in [0.717, 1.165) is 19.6 Å². The molecule has 0 radical (unpaired) electrons. The van der Waals surface area contributed by atoms with Crippen LogP contribution in [-0.4, -0.2) is 74.6 Å². The molecule has 0 spiro atoms. The Morgan fingerprint density at radius 2 is 1.44 bits per heavy atom. The number of halogens is 3. The summed E-state index contributed by atoms with van der Waals surface area (Å²) in [6.45, 7) is 4.33. The van der Waals surface area contributed by atoms with Crippen LogP contribution < -0.4 is 10.6 Å². The molecular formula is C24H31F3N4O. The van der Waals surface area contributed by atoms with Gasteiger partial charge in [0, 0.05) is 38.8 Å². The third-order valence-electron chi connectivity index (χ3n) is 5.91. The number of likely N-dealkylation sites (N-methyl/N-ethyl adjacent to an activating group) is 2. The Morgan fingerprint density at radius 3 is 2.00 bits per heavy atom. The Kier molecular flexibility index (Phi) is 8.42. The van der Waals surface area contributed by atoms with Crippen molar-refractivity contribution in [1.82, 2.24) is 20.4 Å². The summed E-state index contributed by atoms with van der Waals surface area (Å²) in [5, 5.41) is 6.53. The number of Topliss-reactive ketones (excluding diaryl/α,β-unsaturated/α-hetero) is 1. The number of ketones is 1. The quantitative estimate of drug-likeness (QED) is 0.756. The van der Waals surface area contributed by atoms with Crippen LogP contribution in [0.1, 0.15) is 23.2 Å². The minimum Gasteiger partial charge on any atom is -0.308 e. The number of hydrogen-bond donors (Lipinski definition) is 2. The van der Waals surface area contributed by atoms with Gasteiger partial charge in [0.05, 0.1) is 12.1 Å². The molecule has 8 heteroatoms. The highest BCUT2D eigenvalue weighted by molar-refractivity contribution is 5.90. The minimum absolute atomic E-state index is 0.413. The average molecular weight is 449 g/mol. The first-order valence-corrected chi connectivity index (χ1v) is 10.8. The molecule has 3 atom stereocenters. The van der Waals surface area contributed by atoms with Crippen LogP contribution in [0.4, 0.5) is 13.2 Å². The summed E-state index contributed by atoms with van der Waals surface area (Å²) in [5.41, 5.74) is 2.09. The Bertz CT molecular complexity index is 847. The molecule has 2 N–H and O–H groups in total. The highest BCUT2D eigenvalue weighted by Gasteiger charge is 2.49. The predicted molar refractivity (Wildman–Crippen MR) is 119 cm³/mol. The SMILES string of the molecule is CN1CCNC(c2ccccc2)C1.CN1CCNC(c2ccccc2)C1C(=O)C(F)(F)F. The van der Waals surface area contributed by atoms with Crippen LogP contribution in [-0.2, 0) is 4.79 Å². The van der Waals surface area contributed by atoms with E-state index in [1.165, 1.54) is 10.5 Å². The molecule has 32 heavy (non-hydrogen) atoms. The van der Waals surface area contributed by atoms with Crippen molar-refractivity contribution in [2.45, 2.75) is 24.3 Å². The van der Waals surface area contributed by atoms with Gasteiger partial charge < -0.3 is 15.5 Å². The summed E-state index contributed by atoms with van der Waals surface area (Å²) in [6, 6.07) is 18.1. The number of nitrogens with one attached hydrogen (secondary N) is 2. The molecule has 0 aliphatic carbocycles. The fourth-order valence-corrected chi connectivity index (χ4v) is 4.19. The molecule has 2 aliphatic heterocycles. The largest absolute Gasteiger partial charge is 0.451 e. The third-order valence-corrected chi connectivity index (χ3v) is 5.91. The lowest BCUT2D eigenvalue weighted by Gasteiger charge is -2.39. The number of hydrogen-bond acceptors (Lipinski definition) is 5. The maximum atomic E-state index is 12.7. The molecule has 0 aromatic heterocycles. The van der Waals surface area contributed by atoms with E-state index in [1.54, 1.807) is 37.4 Å². The molecule has 2 saturated heterocycles. The number of carbonyl (C=O) groups is 1. The lowest BCUT2D eigenvalue weighted by atomic mass is 9.93. The van der Waals surface area contributed by atoms with Crippen LogP contribution in [0.5, 0.6) is 0 Å². The first-order valence-electron chi connectivity index (χ1n) is 10.8. The zero-order valence-corrected chi connectivity index (χ0v) is 18.5. The van der Waals surface area contributed by atoms with Crippen molar-refractivity contribution in [2.24, 2.45) is 0 Å². The first-order chi connectivity index (χ1) is 15.3. The van der Waals surface area contributed by atoms with Crippen LogP contribution in [0.2, 0.25) is 0 Å². The monoisotopic (exact) mass is 448 g/mol. The molecule has 0 saturated carbocycles. The average Bonchev–Trinajstić information content (AvgIpc) is 2.79. The number of carbonyl (C=O) groups excluding carboxylic acids is 1. The van der Waals surface area contributed by atoms with Crippen LogP contribution in [0.25, 0.3) is 0 Å². The van der Waals surface area contributed by atoms with Crippen LogP contribution >= 0.6 is 0 Å². The van der Waals surface area contributed by atoms with Crippen molar-refractivity contribution >= 4 is 5.78 Å². The maximum absolute atomic E-state index is 12.7. The highest BCUT2D eigenvalue weighted by atomic mass is 19.4. The summed E-state index contributed by atoms with van der Waals surface area (Å²) in [5.74, 6) is -1.70. The second-order valence-electron chi connectivity index (χ2n) is 8.31. The molecule has 2 fully saturated rings. The topological polar surface area (TPSA) is 47.6 Å². The van der Waals surface area contributed by atoms with Crippen LogP contribution in [0, 0.1) is 0 Å². The Hall–Kier alpha value is -2.26. The van der Waals surface area contributed by atoms with Crippen molar-refractivity contribution in [3.8, 4) is 0 Å². The smallest absolute Gasteiger partial charge is 0.308 e. The Morgan fingerprint density at radius 1 is 0.875 bits per heavy atom. The van der Waals surface area contributed by atoms with Gasteiger partial charge in [-0.1, -0.05) is 60.7 Å². The van der Waals surface area contributed by atoms with E-state index < -0.39 is 24.0 Å². The minimum atomic E-state index is -4.81. The molecule has 174 valence electrons. The number of benzene rings is 2. The van der Waals surface area contributed by atoms with Crippen LogP contribution in [0.15, 0.2) is 60.7 Å². The molecular weight excluding hydrogens is 417 g/mol. The Labute approximate surface area is 187 Å². The van der Waals surface area contributed by atoms with Gasteiger partial charge in [0.25, 0.3) is 5.78 Å². The van der Waals surface area contributed by atoms with E-state index in [-0.39, 0.29) is 0 Å². The van der Waals surface area contributed by atoms with E-state index in [9.17, 15) is 18.0 Å². The zero-order valence-electron chi connectivity index (χ0n) is 18.5. The fourth-order valence-electron chi connectivity index (χ4n) is 4.19. The second-order valence-corrected chi connectivity index (χ2v) is 8.31. The van der Waals surface area contributed by atoms with E-state index in [0.29, 0.717) is 24.7 Å². The fraction of sp³-hybridized carbons (Fsp3) is 0.458. The molecule has 2 aromatic rings. The van der Waals surface area contributed by atoms with Gasteiger partial charge in [-0.15, -0.1) is 0 Å².